The molecule has 3 heterocycles. The lowest BCUT2D eigenvalue weighted by Crippen LogP contribution is -2.49. The van der Waals surface area contributed by atoms with E-state index < -0.39 is 10.0 Å². The van der Waals surface area contributed by atoms with Crippen LogP contribution in [0.2, 0.25) is 0 Å². The summed E-state index contributed by atoms with van der Waals surface area (Å²) in [6.07, 6.45) is 6.49. The third-order valence-electron chi connectivity index (χ3n) is 6.49. The summed E-state index contributed by atoms with van der Waals surface area (Å²) in [4.78, 5) is 7.05. The lowest BCUT2D eigenvalue weighted by atomic mass is 9.93. The number of morpholine rings is 1. The number of fused-ring (bicyclic) bond motifs is 2. The minimum Gasteiger partial charge on any atom is -0.367 e. The van der Waals surface area contributed by atoms with E-state index in [1.165, 1.54) is 17.3 Å². The number of aryl methyl sites for hydroxylation is 1. The largest absolute Gasteiger partial charge is 0.367 e. The van der Waals surface area contributed by atoms with Crippen molar-refractivity contribution in [3.8, 4) is 0 Å². The molecule has 2 saturated heterocycles. The molecule has 0 radical (unpaired) electrons. The number of anilines is 1. The number of pyridine rings is 1. The number of ether oxygens (including phenoxy) is 1. The van der Waals surface area contributed by atoms with E-state index in [2.05, 4.69) is 34.1 Å². The summed E-state index contributed by atoms with van der Waals surface area (Å²) < 4.78 is 33.6. The molecule has 1 spiro atoms. The van der Waals surface area contributed by atoms with Crippen molar-refractivity contribution in [1.29, 1.82) is 0 Å². The normalized spacial score (nSPS) is 25.3. The van der Waals surface area contributed by atoms with Crippen molar-refractivity contribution < 1.29 is 13.2 Å². The third-order valence-corrected chi connectivity index (χ3v) is 8.37. The van der Waals surface area contributed by atoms with E-state index in [1.807, 2.05) is 6.07 Å². The average Bonchev–Trinajstić information content (AvgIpc) is 3.12. The number of nitrogens with zero attached hydrogens (tertiary/aromatic N) is 3. The van der Waals surface area contributed by atoms with Crippen LogP contribution in [0, 0.1) is 0 Å². The van der Waals surface area contributed by atoms with Gasteiger partial charge in [0.25, 0.3) is 0 Å². The highest BCUT2D eigenvalue weighted by atomic mass is 32.2. The third kappa shape index (κ3) is 3.35. The van der Waals surface area contributed by atoms with Gasteiger partial charge in [-0.3, -0.25) is 0 Å². The quantitative estimate of drug-likeness (QED) is 0.774. The van der Waals surface area contributed by atoms with E-state index in [1.54, 1.807) is 10.4 Å². The molecule has 1 atom stereocenters. The van der Waals surface area contributed by atoms with E-state index in [9.17, 15) is 8.42 Å². The average molecular weight is 414 g/mol. The number of hydrogen-bond donors (Lipinski definition) is 0. The second-order valence-electron chi connectivity index (χ2n) is 8.24. The fraction of sp³-hybridized carbons (Fsp3) is 0.500. The van der Waals surface area contributed by atoms with Gasteiger partial charge >= 0.3 is 0 Å². The van der Waals surface area contributed by atoms with E-state index in [0.29, 0.717) is 19.7 Å². The molecule has 6 nitrogen and oxygen atoms in total. The van der Waals surface area contributed by atoms with Gasteiger partial charge in [0, 0.05) is 25.8 Å². The van der Waals surface area contributed by atoms with Gasteiger partial charge in [-0.25, -0.2) is 13.4 Å². The van der Waals surface area contributed by atoms with Crippen LogP contribution in [0.3, 0.4) is 0 Å². The highest BCUT2D eigenvalue weighted by Gasteiger charge is 2.43. The van der Waals surface area contributed by atoms with Crippen molar-refractivity contribution in [2.45, 2.75) is 42.6 Å². The van der Waals surface area contributed by atoms with Gasteiger partial charge in [-0.15, -0.1) is 0 Å². The molecular formula is C22H27N3O3S. The SMILES string of the molecule is O=S(=O)(c1ccc(N2CCOC3(CCc4ccccc43)C2)nc1)N1CCCCC1. The molecule has 2 aliphatic heterocycles. The minimum atomic E-state index is -3.44. The van der Waals surface area contributed by atoms with Crippen molar-refractivity contribution in [2.75, 3.05) is 37.7 Å². The van der Waals surface area contributed by atoms with Crippen molar-refractivity contribution in [3.63, 3.8) is 0 Å². The molecule has 1 unspecified atom stereocenters. The molecule has 2 fully saturated rings. The van der Waals surface area contributed by atoms with Crippen LogP contribution in [0.15, 0.2) is 47.5 Å². The van der Waals surface area contributed by atoms with Crippen molar-refractivity contribution in [3.05, 3.63) is 53.7 Å². The van der Waals surface area contributed by atoms with Gasteiger partial charge < -0.3 is 9.64 Å². The zero-order valence-electron chi connectivity index (χ0n) is 16.6. The maximum atomic E-state index is 12.9. The Morgan fingerprint density at radius 1 is 1.00 bits per heavy atom. The predicted molar refractivity (Wildman–Crippen MR) is 111 cm³/mol. The summed E-state index contributed by atoms with van der Waals surface area (Å²) in [5.41, 5.74) is 2.37. The molecule has 1 aliphatic carbocycles. The van der Waals surface area contributed by atoms with Gasteiger partial charge in [0.15, 0.2) is 0 Å². The number of rotatable bonds is 3. The van der Waals surface area contributed by atoms with Gasteiger partial charge in [0.2, 0.25) is 10.0 Å². The van der Waals surface area contributed by atoms with Gasteiger partial charge in [-0.2, -0.15) is 4.31 Å². The molecular weight excluding hydrogens is 386 g/mol. The molecule has 0 amide bonds. The zero-order chi connectivity index (χ0) is 19.9. The van der Waals surface area contributed by atoms with Gasteiger partial charge in [-0.1, -0.05) is 30.7 Å². The number of sulfonamides is 1. The fourth-order valence-corrected chi connectivity index (χ4v) is 6.38. The summed E-state index contributed by atoms with van der Waals surface area (Å²) in [7, 11) is -3.44. The van der Waals surface area contributed by atoms with Gasteiger partial charge in [0.1, 0.15) is 16.3 Å². The first kappa shape index (κ1) is 19.0. The van der Waals surface area contributed by atoms with Crippen LogP contribution < -0.4 is 4.90 Å². The van der Waals surface area contributed by atoms with Crippen molar-refractivity contribution in [2.24, 2.45) is 0 Å². The highest BCUT2D eigenvalue weighted by molar-refractivity contribution is 7.89. The Morgan fingerprint density at radius 2 is 1.83 bits per heavy atom. The highest BCUT2D eigenvalue weighted by Crippen LogP contribution is 2.42. The molecule has 154 valence electrons. The molecule has 0 saturated carbocycles. The molecule has 29 heavy (non-hydrogen) atoms. The van der Waals surface area contributed by atoms with Crippen LogP contribution in [0.1, 0.15) is 36.8 Å². The molecule has 7 heteroatoms. The van der Waals surface area contributed by atoms with E-state index >= 15 is 0 Å². The molecule has 3 aliphatic rings. The van der Waals surface area contributed by atoms with Crippen LogP contribution in [0.4, 0.5) is 5.82 Å². The Morgan fingerprint density at radius 3 is 2.62 bits per heavy atom. The van der Waals surface area contributed by atoms with E-state index in [-0.39, 0.29) is 10.5 Å². The Labute approximate surface area is 172 Å². The van der Waals surface area contributed by atoms with Gasteiger partial charge in [-0.05, 0) is 48.9 Å². The molecule has 2 aromatic rings. The van der Waals surface area contributed by atoms with Crippen LogP contribution in [0.5, 0.6) is 0 Å². The van der Waals surface area contributed by atoms with Crippen LogP contribution in [0.25, 0.3) is 0 Å². The predicted octanol–water partition coefficient (Wildman–Crippen LogP) is 2.93. The lowest BCUT2D eigenvalue weighted by molar-refractivity contribution is -0.0594. The van der Waals surface area contributed by atoms with E-state index in [0.717, 1.165) is 51.0 Å². The minimum absolute atomic E-state index is 0.283. The lowest BCUT2D eigenvalue weighted by Gasteiger charge is -2.41. The first-order chi connectivity index (χ1) is 14.1. The topological polar surface area (TPSA) is 62.7 Å². The number of benzene rings is 1. The van der Waals surface area contributed by atoms with Crippen LogP contribution in [-0.2, 0) is 26.8 Å². The van der Waals surface area contributed by atoms with Crippen molar-refractivity contribution >= 4 is 15.8 Å². The fourth-order valence-electron chi connectivity index (χ4n) is 4.91. The molecule has 1 aromatic heterocycles. The van der Waals surface area contributed by atoms with Crippen LogP contribution >= 0.6 is 0 Å². The molecule has 0 bridgehead atoms. The maximum Gasteiger partial charge on any atom is 0.244 e. The first-order valence-electron chi connectivity index (χ1n) is 10.5. The summed E-state index contributed by atoms with van der Waals surface area (Å²) in [5.74, 6) is 0.814. The second kappa shape index (κ2) is 7.38. The van der Waals surface area contributed by atoms with Crippen molar-refractivity contribution in [1.82, 2.24) is 9.29 Å². The number of hydrogen-bond acceptors (Lipinski definition) is 5. The molecule has 0 N–H and O–H groups in total. The molecule has 5 rings (SSSR count). The van der Waals surface area contributed by atoms with Crippen LogP contribution in [-0.4, -0.2) is 50.5 Å². The second-order valence-corrected chi connectivity index (χ2v) is 10.2. The van der Waals surface area contributed by atoms with E-state index in [4.69, 9.17) is 4.74 Å². The smallest absolute Gasteiger partial charge is 0.244 e. The summed E-state index contributed by atoms with van der Waals surface area (Å²) in [5, 5.41) is 0. The Hall–Kier alpha value is -1.96. The monoisotopic (exact) mass is 413 g/mol. The summed E-state index contributed by atoms with van der Waals surface area (Å²) in [6, 6.07) is 12.1. The number of piperidine rings is 1. The number of aromatic nitrogens is 1. The molecule has 1 aromatic carbocycles. The summed E-state index contributed by atoms with van der Waals surface area (Å²) >= 11 is 0. The first-order valence-corrected chi connectivity index (χ1v) is 12.0. The summed E-state index contributed by atoms with van der Waals surface area (Å²) in [6.45, 7) is 3.36. The zero-order valence-corrected chi connectivity index (χ0v) is 17.4. The standard InChI is InChI=1S/C22H27N3O3S/c26-29(27,25-12-4-1-5-13-25)19-8-9-21(23-16-19)24-14-15-28-22(17-24)11-10-18-6-2-3-7-20(18)22/h2-3,6-9,16H,1,4-5,10-15,17H2. The Balaban J connectivity index is 1.37. The Kier molecular flexibility index (Phi) is 4.84. The maximum absolute atomic E-state index is 12.9. The van der Waals surface area contributed by atoms with Gasteiger partial charge in [0.05, 0.1) is 13.2 Å². The Bertz CT molecular complexity index is 983.